The Labute approximate surface area is 66.7 Å². The van der Waals surface area contributed by atoms with Crippen LogP contribution in [-0.2, 0) is 14.3 Å². The van der Waals surface area contributed by atoms with Crippen molar-refractivity contribution in [3.63, 3.8) is 0 Å². The highest BCUT2D eigenvalue weighted by Crippen LogP contribution is 2.22. The lowest BCUT2D eigenvalue weighted by Gasteiger charge is -2.26. The number of rotatable bonds is 3. The van der Waals surface area contributed by atoms with Gasteiger partial charge in [-0.2, -0.15) is 0 Å². The third-order valence-electron chi connectivity index (χ3n) is 2.16. The first-order valence-electron chi connectivity index (χ1n) is 3.98. The molecule has 64 valence electrons. The predicted molar refractivity (Wildman–Crippen MR) is 40.2 cm³/mol. The maximum Gasteiger partial charge on any atom is 0.293 e. The molecule has 0 saturated heterocycles. The molecule has 0 amide bonds. The average molecular weight is 158 g/mol. The standard InChI is InChI=1S/C8H14O3/c1-10-7-3-2-4-8(5-7)11-6-9/h6-8H,2-5H2,1H3. The molecule has 3 heteroatoms. The van der Waals surface area contributed by atoms with E-state index < -0.39 is 0 Å². The van der Waals surface area contributed by atoms with Gasteiger partial charge in [0.2, 0.25) is 0 Å². The molecule has 0 aromatic rings. The van der Waals surface area contributed by atoms with Crippen LogP contribution < -0.4 is 0 Å². The first-order chi connectivity index (χ1) is 5.36. The summed E-state index contributed by atoms with van der Waals surface area (Å²) in [5, 5.41) is 0. The largest absolute Gasteiger partial charge is 0.464 e. The van der Waals surface area contributed by atoms with Gasteiger partial charge in [-0.25, -0.2) is 0 Å². The lowest BCUT2D eigenvalue weighted by atomic mass is 9.95. The molecule has 1 fully saturated rings. The van der Waals surface area contributed by atoms with Crippen LogP contribution in [0.4, 0.5) is 0 Å². The molecule has 2 unspecified atom stereocenters. The van der Waals surface area contributed by atoms with Crippen LogP contribution in [0.25, 0.3) is 0 Å². The van der Waals surface area contributed by atoms with Gasteiger partial charge in [0.25, 0.3) is 6.47 Å². The minimum absolute atomic E-state index is 0.0891. The van der Waals surface area contributed by atoms with E-state index in [4.69, 9.17) is 9.47 Å². The van der Waals surface area contributed by atoms with Gasteiger partial charge in [-0.05, 0) is 19.3 Å². The van der Waals surface area contributed by atoms with Crippen LogP contribution in [0.2, 0.25) is 0 Å². The van der Waals surface area contributed by atoms with Gasteiger partial charge < -0.3 is 9.47 Å². The van der Waals surface area contributed by atoms with Crippen molar-refractivity contribution in [2.75, 3.05) is 7.11 Å². The third kappa shape index (κ3) is 2.50. The smallest absolute Gasteiger partial charge is 0.293 e. The van der Waals surface area contributed by atoms with Crippen molar-refractivity contribution in [1.29, 1.82) is 0 Å². The van der Waals surface area contributed by atoms with Gasteiger partial charge in [0.05, 0.1) is 6.10 Å². The molecule has 0 heterocycles. The molecule has 0 spiro atoms. The summed E-state index contributed by atoms with van der Waals surface area (Å²) >= 11 is 0. The summed E-state index contributed by atoms with van der Waals surface area (Å²) in [4.78, 5) is 10.0. The molecule has 1 aliphatic carbocycles. The molecule has 0 bridgehead atoms. The van der Waals surface area contributed by atoms with Gasteiger partial charge >= 0.3 is 0 Å². The molecule has 1 saturated carbocycles. The van der Waals surface area contributed by atoms with Crippen LogP contribution in [0.1, 0.15) is 25.7 Å². The fraction of sp³-hybridized carbons (Fsp3) is 0.875. The van der Waals surface area contributed by atoms with Crippen molar-refractivity contribution in [3.8, 4) is 0 Å². The summed E-state index contributed by atoms with van der Waals surface area (Å²) in [6.07, 6.45) is 4.40. The summed E-state index contributed by atoms with van der Waals surface area (Å²) in [5.74, 6) is 0. The van der Waals surface area contributed by atoms with E-state index >= 15 is 0 Å². The molecular formula is C8H14O3. The summed E-state index contributed by atoms with van der Waals surface area (Å²) in [7, 11) is 1.70. The van der Waals surface area contributed by atoms with Crippen LogP contribution in [0.5, 0.6) is 0 Å². The number of ether oxygens (including phenoxy) is 2. The van der Waals surface area contributed by atoms with Crippen LogP contribution >= 0.6 is 0 Å². The van der Waals surface area contributed by atoms with E-state index in [1.165, 1.54) is 0 Å². The third-order valence-corrected chi connectivity index (χ3v) is 2.16. The Hall–Kier alpha value is -0.570. The van der Waals surface area contributed by atoms with Crippen molar-refractivity contribution in [2.24, 2.45) is 0 Å². The van der Waals surface area contributed by atoms with Crippen LogP contribution in [0.3, 0.4) is 0 Å². The minimum atomic E-state index is 0.0891. The Morgan fingerprint density at radius 1 is 1.36 bits per heavy atom. The van der Waals surface area contributed by atoms with Gasteiger partial charge in [0, 0.05) is 13.5 Å². The highest BCUT2D eigenvalue weighted by Gasteiger charge is 2.22. The van der Waals surface area contributed by atoms with E-state index in [9.17, 15) is 4.79 Å². The van der Waals surface area contributed by atoms with Gasteiger partial charge in [0.15, 0.2) is 0 Å². The summed E-state index contributed by atoms with van der Waals surface area (Å²) in [5.41, 5.74) is 0. The van der Waals surface area contributed by atoms with Crippen LogP contribution in [-0.4, -0.2) is 25.8 Å². The van der Waals surface area contributed by atoms with Crippen molar-refractivity contribution in [2.45, 2.75) is 37.9 Å². The van der Waals surface area contributed by atoms with Gasteiger partial charge in [0.1, 0.15) is 6.10 Å². The second-order valence-electron chi connectivity index (χ2n) is 2.88. The fourth-order valence-electron chi connectivity index (χ4n) is 1.52. The average Bonchev–Trinajstić information content (AvgIpc) is 2.06. The Kier molecular flexibility index (Phi) is 3.36. The van der Waals surface area contributed by atoms with Crippen molar-refractivity contribution < 1.29 is 14.3 Å². The quantitative estimate of drug-likeness (QED) is 0.577. The molecule has 0 radical (unpaired) electrons. The van der Waals surface area contributed by atoms with Crippen molar-refractivity contribution in [1.82, 2.24) is 0 Å². The molecule has 11 heavy (non-hydrogen) atoms. The Morgan fingerprint density at radius 2 is 2.09 bits per heavy atom. The van der Waals surface area contributed by atoms with Crippen LogP contribution in [0, 0.1) is 0 Å². The number of hydrogen-bond donors (Lipinski definition) is 0. The molecular weight excluding hydrogens is 144 g/mol. The highest BCUT2D eigenvalue weighted by atomic mass is 16.5. The minimum Gasteiger partial charge on any atom is -0.464 e. The maximum absolute atomic E-state index is 10.0. The molecule has 1 rings (SSSR count). The topological polar surface area (TPSA) is 35.5 Å². The fourth-order valence-corrected chi connectivity index (χ4v) is 1.52. The van der Waals surface area contributed by atoms with Gasteiger partial charge in [-0.15, -0.1) is 0 Å². The monoisotopic (exact) mass is 158 g/mol. The van der Waals surface area contributed by atoms with Gasteiger partial charge in [-0.1, -0.05) is 0 Å². The van der Waals surface area contributed by atoms with Crippen LogP contribution in [0.15, 0.2) is 0 Å². The molecule has 0 N–H and O–H groups in total. The molecule has 1 aliphatic rings. The Morgan fingerprint density at radius 3 is 2.73 bits per heavy atom. The number of carbonyl (C=O) groups is 1. The second-order valence-corrected chi connectivity index (χ2v) is 2.88. The van der Waals surface area contributed by atoms with E-state index in [-0.39, 0.29) is 12.2 Å². The van der Waals surface area contributed by atoms with E-state index in [0.717, 1.165) is 25.7 Å². The first-order valence-corrected chi connectivity index (χ1v) is 3.98. The molecule has 2 atom stereocenters. The van der Waals surface area contributed by atoms with Crippen molar-refractivity contribution in [3.05, 3.63) is 0 Å². The number of carbonyl (C=O) groups excluding carboxylic acids is 1. The van der Waals surface area contributed by atoms with E-state index in [2.05, 4.69) is 0 Å². The van der Waals surface area contributed by atoms with E-state index in [1.807, 2.05) is 0 Å². The SMILES string of the molecule is COC1CCCC(OC=O)C1. The molecule has 3 nitrogen and oxygen atoms in total. The number of hydrogen-bond acceptors (Lipinski definition) is 3. The van der Waals surface area contributed by atoms with E-state index in [1.54, 1.807) is 7.11 Å². The number of methoxy groups -OCH3 is 1. The lowest BCUT2D eigenvalue weighted by Crippen LogP contribution is -2.27. The zero-order valence-corrected chi connectivity index (χ0v) is 6.79. The maximum atomic E-state index is 10.0. The Balaban J connectivity index is 2.27. The molecule has 0 aromatic carbocycles. The second kappa shape index (κ2) is 4.34. The zero-order chi connectivity index (χ0) is 8.10. The Bertz CT molecular complexity index is 125. The molecule has 0 aromatic heterocycles. The first kappa shape index (κ1) is 8.53. The van der Waals surface area contributed by atoms with Crippen molar-refractivity contribution >= 4 is 6.47 Å². The van der Waals surface area contributed by atoms with E-state index in [0.29, 0.717) is 6.47 Å². The summed E-state index contributed by atoms with van der Waals surface area (Å²) in [6, 6.07) is 0. The summed E-state index contributed by atoms with van der Waals surface area (Å²) < 4.78 is 10.0. The predicted octanol–water partition coefficient (Wildman–Crippen LogP) is 1.12. The zero-order valence-electron chi connectivity index (χ0n) is 6.79. The molecule has 0 aliphatic heterocycles. The van der Waals surface area contributed by atoms with Gasteiger partial charge in [-0.3, -0.25) is 4.79 Å². The highest BCUT2D eigenvalue weighted by molar-refractivity contribution is 5.37. The normalized spacial score (nSPS) is 31.4. The lowest BCUT2D eigenvalue weighted by molar-refractivity contribution is -0.137. The summed E-state index contributed by atoms with van der Waals surface area (Å²) in [6.45, 7) is 0.530.